The lowest BCUT2D eigenvalue weighted by Gasteiger charge is -2.31. The molecule has 0 aliphatic carbocycles. The predicted octanol–water partition coefficient (Wildman–Crippen LogP) is -5.33. The van der Waals surface area contributed by atoms with E-state index in [-0.39, 0.29) is 76.4 Å². The topological polar surface area (TPSA) is 507 Å². The summed E-state index contributed by atoms with van der Waals surface area (Å²) >= 11 is 4.20. The number of carbonyl (C=O) groups excluding carboxylic acids is 12. The first kappa shape index (κ1) is 76.4. The summed E-state index contributed by atoms with van der Waals surface area (Å²) in [4.78, 5) is 177. The number of aliphatic hydroxyl groups excluding tert-OH is 1. The van der Waals surface area contributed by atoms with Crippen molar-refractivity contribution in [2.24, 2.45) is 40.5 Å². The first-order chi connectivity index (χ1) is 41.1. The van der Waals surface area contributed by atoms with Gasteiger partial charge in [-0.2, -0.15) is 12.6 Å². The number of nitrogens with two attached hydrogens (primary N) is 5. The molecule has 0 saturated carbocycles. The minimum atomic E-state index is -1.81. The summed E-state index contributed by atoms with van der Waals surface area (Å²) in [6, 6.07) is -15.5. The highest BCUT2D eigenvalue weighted by Crippen LogP contribution is 2.23. The Labute approximate surface area is 513 Å². The number of rotatable bonds is 40. The van der Waals surface area contributed by atoms with Crippen molar-refractivity contribution < 1.29 is 72.5 Å². The molecule has 2 heterocycles. The van der Waals surface area contributed by atoms with Crippen LogP contribution < -0.4 is 76.5 Å². The zero-order chi connectivity index (χ0) is 65.7. The number of thiol groups is 1. The van der Waals surface area contributed by atoms with Crippen LogP contribution in [0.3, 0.4) is 0 Å². The Morgan fingerprint density at radius 1 is 0.506 bits per heavy atom. The second-order valence-electron chi connectivity index (χ2n) is 22.9. The molecule has 12 atom stereocenters. The molecule has 31 nitrogen and oxygen atoms in total. The van der Waals surface area contributed by atoms with Crippen LogP contribution in [0.5, 0.6) is 0 Å². The summed E-state index contributed by atoms with van der Waals surface area (Å²) < 4.78 is 0. The van der Waals surface area contributed by atoms with Gasteiger partial charge in [-0.15, -0.1) is 0 Å². The first-order valence-electron chi connectivity index (χ1n) is 30.0. The molecule has 0 aromatic heterocycles. The van der Waals surface area contributed by atoms with Crippen molar-refractivity contribution in [3.63, 3.8) is 0 Å². The molecule has 32 heteroatoms. The second kappa shape index (κ2) is 39.2. The van der Waals surface area contributed by atoms with Gasteiger partial charge in [0.25, 0.3) is 0 Å². The fourth-order valence-electron chi connectivity index (χ4n) is 9.89. The quantitative estimate of drug-likeness (QED) is 0.0201. The van der Waals surface area contributed by atoms with E-state index < -0.39 is 168 Å². The summed E-state index contributed by atoms with van der Waals surface area (Å²) in [5.74, 6) is -12.2. The number of amides is 12. The Balaban J connectivity index is 2.24. The summed E-state index contributed by atoms with van der Waals surface area (Å²) in [7, 11) is 0. The van der Waals surface area contributed by atoms with Gasteiger partial charge < -0.3 is 96.5 Å². The smallest absolute Gasteiger partial charge is 0.326 e. The molecule has 2 aliphatic heterocycles. The molecule has 2 fully saturated rings. The van der Waals surface area contributed by atoms with Crippen molar-refractivity contribution in [1.82, 2.24) is 57.7 Å². The normalized spacial score (nSPS) is 18.3. The average Bonchev–Trinajstić information content (AvgIpc) is 3.86. The third-order valence-corrected chi connectivity index (χ3v) is 15.2. The Kier molecular flexibility index (Phi) is 34.4. The minimum absolute atomic E-state index is 0.0561. The first-order valence-corrected chi connectivity index (χ1v) is 30.6. The summed E-state index contributed by atoms with van der Waals surface area (Å²) in [6.45, 7) is 9.67. The molecule has 2 rings (SSSR count). The number of nitrogens with zero attached hydrogens (tertiary/aromatic N) is 2. The van der Waals surface area contributed by atoms with Crippen molar-refractivity contribution in [1.29, 1.82) is 0 Å². The van der Waals surface area contributed by atoms with Gasteiger partial charge in [-0.1, -0.05) is 34.1 Å². The number of hydrogen-bond acceptors (Lipinski definition) is 19. The maximum Gasteiger partial charge on any atom is 0.326 e. The van der Waals surface area contributed by atoms with Crippen LogP contribution in [0, 0.1) is 11.8 Å². The standard InChI is InChI=1S/C55H98N16O15S/c1-29(2)25-37(54(84)70-23-13-18-40(70)51(81)62-32(6)53(83)71-24-14-19-41(71)55(85)86)66-44(74)31(5)61-46(76)34(16-8-11-21-57)63-48(78)36(26-42(60)73)65-49(79)38(27-72)67-52(82)43(30(3)4)69-47(77)35(17-9-12-22-58)64-50(80)39(28-87)68-45(75)33(59)15-7-10-20-56/h29-41,43,72,87H,7-28,56-59H2,1-6H3,(H2,60,73)(H,61,76)(H,62,81)(H,63,78)(H,64,80)(H,65,79)(H,66,74)(H,67,82)(H,68,75)(H,69,77)(H,85,86)/t31-,32-,33-,34-,35-,36-,37-,38-,39-,40-,41-,43-/m0/s1. The lowest BCUT2D eigenvalue weighted by atomic mass is 10.0. The van der Waals surface area contributed by atoms with Crippen molar-refractivity contribution >= 4 is 89.5 Å². The summed E-state index contributed by atoms with van der Waals surface area (Å²) in [5, 5.41) is 42.6. The third-order valence-electron chi connectivity index (χ3n) is 14.8. The number of nitrogens with one attached hydrogen (secondary N) is 9. The highest BCUT2D eigenvalue weighted by Gasteiger charge is 2.42. The van der Waals surface area contributed by atoms with Gasteiger partial charge in [-0.3, -0.25) is 57.5 Å². The molecule has 0 bridgehead atoms. The van der Waals surface area contributed by atoms with Crippen LogP contribution in [0.4, 0.5) is 0 Å². The van der Waals surface area contributed by atoms with Gasteiger partial charge >= 0.3 is 5.97 Å². The van der Waals surface area contributed by atoms with E-state index in [1.54, 1.807) is 27.7 Å². The van der Waals surface area contributed by atoms with Crippen LogP contribution in [-0.4, -0.2) is 214 Å². The maximum atomic E-state index is 14.2. The van der Waals surface area contributed by atoms with Gasteiger partial charge in [0.15, 0.2) is 0 Å². The Hall–Kier alpha value is -6.74. The fraction of sp³-hybridized carbons (Fsp3) is 0.764. The van der Waals surface area contributed by atoms with Gasteiger partial charge in [0.05, 0.1) is 19.1 Å². The number of carboxylic acids is 1. The molecular weight excluding hydrogens is 1160 g/mol. The van der Waals surface area contributed by atoms with Gasteiger partial charge in [-0.05, 0) is 129 Å². The monoisotopic (exact) mass is 1250 g/mol. The van der Waals surface area contributed by atoms with Crippen molar-refractivity contribution in [2.45, 2.75) is 210 Å². The SMILES string of the molecule is CC(C)C[C@H](NC(=O)[C@H](C)NC(=O)[C@H](CCCCN)NC(=O)[C@H](CC(N)=O)NC(=O)[C@H](CO)NC(=O)[C@@H](NC(=O)[C@H](CCCCN)NC(=O)[C@H](CS)NC(=O)[C@@H](N)CCCCN)C(C)C)C(=O)N1CCC[C@H]1C(=O)N[C@@H](C)C(=O)N1CCC[C@H]1C(=O)O. The van der Waals surface area contributed by atoms with Crippen LogP contribution in [0.25, 0.3) is 0 Å². The highest BCUT2D eigenvalue weighted by molar-refractivity contribution is 7.80. The number of aliphatic carboxylic acids is 1. The predicted molar refractivity (Wildman–Crippen MR) is 322 cm³/mol. The van der Waals surface area contributed by atoms with Crippen LogP contribution in [-0.2, 0) is 62.3 Å². The van der Waals surface area contributed by atoms with Crippen LogP contribution in [0.15, 0.2) is 0 Å². The van der Waals surface area contributed by atoms with E-state index >= 15 is 0 Å². The molecule has 0 aromatic carbocycles. The second-order valence-corrected chi connectivity index (χ2v) is 23.3. The fourth-order valence-corrected chi connectivity index (χ4v) is 10.1. The van der Waals surface area contributed by atoms with Crippen molar-refractivity contribution in [3.8, 4) is 0 Å². The van der Waals surface area contributed by atoms with E-state index in [4.69, 9.17) is 28.7 Å². The van der Waals surface area contributed by atoms with E-state index in [0.717, 1.165) is 0 Å². The summed E-state index contributed by atoms with van der Waals surface area (Å²) in [6.07, 6.45) is 3.70. The average molecular weight is 1260 g/mol. The lowest BCUT2D eigenvalue weighted by Crippen LogP contribution is -2.62. The van der Waals surface area contributed by atoms with Crippen molar-refractivity contribution in [3.05, 3.63) is 0 Å². The number of carbonyl (C=O) groups is 13. The molecule has 87 heavy (non-hydrogen) atoms. The molecular formula is C55H98N16O15S. The zero-order valence-corrected chi connectivity index (χ0v) is 52.0. The number of hydrogen-bond donors (Lipinski definition) is 17. The van der Waals surface area contributed by atoms with E-state index in [9.17, 15) is 72.5 Å². The van der Waals surface area contributed by atoms with Gasteiger partial charge in [0.2, 0.25) is 70.9 Å². The van der Waals surface area contributed by atoms with E-state index in [2.05, 4.69) is 60.5 Å². The molecule has 0 unspecified atom stereocenters. The minimum Gasteiger partial charge on any atom is -0.480 e. The third kappa shape index (κ3) is 25.5. The number of aliphatic hydroxyl groups is 1. The van der Waals surface area contributed by atoms with Crippen LogP contribution in [0.1, 0.15) is 138 Å². The van der Waals surface area contributed by atoms with Crippen LogP contribution >= 0.6 is 12.6 Å². The molecule has 21 N–H and O–H groups in total. The van der Waals surface area contributed by atoms with Gasteiger partial charge in [0.1, 0.15) is 66.5 Å². The van der Waals surface area contributed by atoms with Gasteiger partial charge in [0, 0.05) is 18.8 Å². The number of carboxylic acid groups (broad SMARTS) is 1. The number of unbranched alkanes of at least 4 members (excludes halogenated alkanes) is 3. The Morgan fingerprint density at radius 3 is 1.45 bits per heavy atom. The molecule has 0 radical (unpaired) electrons. The Morgan fingerprint density at radius 2 is 0.954 bits per heavy atom. The largest absolute Gasteiger partial charge is 0.480 e. The molecule has 494 valence electrons. The molecule has 2 saturated heterocycles. The van der Waals surface area contributed by atoms with Crippen LogP contribution in [0.2, 0.25) is 0 Å². The molecule has 12 amide bonds. The molecule has 0 aromatic rings. The van der Waals surface area contributed by atoms with E-state index in [1.165, 1.54) is 23.6 Å². The molecule has 2 aliphatic rings. The Bertz CT molecular complexity index is 2350. The van der Waals surface area contributed by atoms with E-state index in [1.807, 2.05) is 0 Å². The number of primary amides is 1. The highest BCUT2D eigenvalue weighted by atomic mass is 32.1. The summed E-state index contributed by atoms with van der Waals surface area (Å²) in [5.41, 5.74) is 28.4. The maximum absolute atomic E-state index is 14.2. The van der Waals surface area contributed by atoms with Gasteiger partial charge in [-0.25, -0.2) is 4.79 Å². The zero-order valence-electron chi connectivity index (χ0n) is 51.1. The van der Waals surface area contributed by atoms with E-state index in [0.29, 0.717) is 57.9 Å². The molecule has 0 spiro atoms. The number of likely N-dealkylation sites (tertiary alicyclic amines) is 2. The lowest BCUT2D eigenvalue weighted by molar-refractivity contribution is -0.149. The van der Waals surface area contributed by atoms with Crippen molar-refractivity contribution in [2.75, 3.05) is 45.1 Å².